The maximum Gasteiger partial charge on any atom is 0.351 e. The molecule has 1 N–H and O–H groups in total. The molecule has 3 aromatic carbocycles. The minimum atomic E-state index is -2.32. The molecule has 2 heterocycles. The maximum absolute atomic E-state index is 13.5. The molecule has 3 atom stereocenters. The largest absolute Gasteiger partial charge is 0.497 e. The molecule has 52 heavy (non-hydrogen) atoms. The molecule has 0 bridgehead atoms. The van der Waals surface area contributed by atoms with Crippen LogP contribution in [0.15, 0.2) is 89.9 Å². The zero-order valence-electron chi connectivity index (χ0n) is 31.9. The number of ether oxygens (including phenoxy) is 4. The zero-order valence-corrected chi connectivity index (χ0v) is 32.9. The van der Waals surface area contributed by atoms with E-state index in [0.29, 0.717) is 12.1 Å². The van der Waals surface area contributed by atoms with Crippen molar-refractivity contribution in [3.05, 3.63) is 112 Å². The van der Waals surface area contributed by atoms with Gasteiger partial charge in [-0.25, -0.2) is 4.79 Å². The summed E-state index contributed by atoms with van der Waals surface area (Å²) in [6.07, 6.45) is 0.444. The van der Waals surface area contributed by atoms with E-state index in [1.54, 1.807) is 25.3 Å². The minimum Gasteiger partial charge on any atom is -0.497 e. The Kier molecular flexibility index (Phi) is 11.6. The number of carbonyl (C=O) groups is 1. The van der Waals surface area contributed by atoms with Gasteiger partial charge in [0.05, 0.1) is 32.6 Å². The number of anilines is 2. The monoisotopic (exact) mass is 728 g/mol. The van der Waals surface area contributed by atoms with Crippen molar-refractivity contribution >= 4 is 25.7 Å². The van der Waals surface area contributed by atoms with Gasteiger partial charge < -0.3 is 33.6 Å². The van der Waals surface area contributed by atoms with Crippen LogP contribution in [0.3, 0.4) is 0 Å². The van der Waals surface area contributed by atoms with Gasteiger partial charge in [0.2, 0.25) is 5.91 Å². The number of benzene rings is 3. The molecule has 0 radical (unpaired) electrons. The van der Waals surface area contributed by atoms with Gasteiger partial charge in [-0.2, -0.15) is 4.98 Å². The van der Waals surface area contributed by atoms with Crippen LogP contribution in [0.25, 0.3) is 0 Å². The summed E-state index contributed by atoms with van der Waals surface area (Å²) in [7, 11) is 4.62. The topological polar surface area (TPSA) is 113 Å². The number of hydrogen-bond donors (Lipinski definition) is 1. The minimum absolute atomic E-state index is 0.0764. The van der Waals surface area contributed by atoms with Gasteiger partial charge in [0.15, 0.2) is 14.1 Å². The highest BCUT2D eigenvalue weighted by atomic mass is 28.4. The second-order valence-corrected chi connectivity index (χ2v) is 19.6. The van der Waals surface area contributed by atoms with Crippen molar-refractivity contribution in [2.75, 3.05) is 45.1 Å². The molecule has 11 nitrogen and oxygen atoms in total. The normalized spacial score (nSPS) is 17.8. The van der Waals surface area contributed by atoms with Gasteiger partial charge in [0, 0.05) is 33.6 Å². The van der Waals surface area contributed by atoms with Gasteiger partial charge in [0.1, 0.15) is 29.4 Å². The van der Waals surface area contributed by atoms with Gasteiger partial charge in [-0.15, -0.1) is 0 Å². The Bertz CT molecular complexity index is 1830. The van der Waals surface area contributed by atoms with E-state index >= 15 is 0 Å². The summed E-state index contributed by atoms with van der Waals surface area (Å²) in [6.45, 7) is 12.5. The molecule has 12 heteroatoms. The van der Waals surface area contributed by atoms with Crippen LogP contribution in [0.2, 0.25) is 18.1 Å². The first-order valence-corrected chi connectivity index (χ1v) is 20.4. The third-order valence-electron chi connectivity index (χ3n) is 10.1. The second-order valence-electron chi connectivity index (χ2n) is 14.8. The van der Waals surface area contributed by atoms with Crippen molar-refractivity contribution in [3.8, 4) is 11.5 Å². The summed E-state index contributed by atoms with van der Waals surface area (Å²) in [5.74, 6) is 1.33. The Morgan fingerprint density at radius 1 is 0.923 bits per heavy atom. The van der Waals surface area contributed by atoms with Crippen molar-refractivity contribution in [1.82, 2.24) is 9.55 Å². The van der Waals surface area contributed by atoms with E-state index in [9.17, 15) is 9.59 Å². The molecular weight excluding hydrogens is 677 g/mol. The molecule has 1 amide bonds. The number of rotatable bonds is 13. The first-order valence-electron chi connectivity index (χ1n) is 17.5. The summed E-state index contributed by atoms with van der Waals surface area (Å²) >= 11 is 0. The first kappa shape index (κ1) is 38.7. The van der Waals surface area contributed by atoms with Gasteiger partial charge in [0.25, 0.3) is 0 Å². The number of carbonyl (C=O) groups excluding carboxylic acids is 1. The van der Waals surface area contributed by atoms with Gasteiger partial charge in [-0.1, -0.05) is 75.4 Å². The summed E-state index contributed by atoms with van der Waals surface area (Å²) in [5, 5.41) is 2.60. The molecular formula is C40H52N4O7Si. The highest BCUT2D eigenvalue weighted by Crippen LogP contribution is 2.45. The van der Waals surface area contributed by atoms with Gasteiger partial charge in [-0.3, -0.25) is 9.36 Å². The predicted octanol–water partition coefficient (Wildman–Crippen LogP) is 6.97. The molecule has 1 aliphatic rings. The Balaban J connectivity index is 1.61. The van der Waals surface area contributed by atoms with E-state index in [4.69, 9.17) is 23.4 Å². The number of methoxy groups -OCH3 is 2. The van der Waals surface area contributed by atoms with Crippen LogP contribution in [0.1, 0.15) is 57.0 Å². The number of nitrogens with zero attached hydrogens (tertiary/aromatic N) is 3. The van der Waals surface area contributed by atoms with E-state index in [-0.39, 0.29) is 23.4 Å². The molecule has 0 unspecified atom stereocenters. The molecule has 1 aromatic heterocycles. The second kappa shape index (κ2) is 15.6. The lowest BCUT2D eigenvalue weighted by atomic mass is 9.80. The van der Waals surface area contributed by atoms with Crippen LogP contribution < -0.4 is 25.4 Å². The summed E-state index contributed by atoms with van der Waals surface area (Å²) < 4.78 is 33.6. The summed E-state index contributed by atoms with van der Waals surface area (Å²) in [4.78, 5) is 31.5. The predicted molar refractivity (Wildman–Crippen MR) is 206 cm³/mol. The Morgan fingerprint density at radius 2 is 1.46 bits per heavy atom. The van der Waals surface area contributed by atoms with Crippen LogP contribution in [-0.4, -0.2) is 70.9 Å². The molecule has 5 rings (SSSR count). The molecule has 1 aliphatic heterocycles. The number of hydrogen-bond acceptors (Lipinski definition) is 9. The van der Waals surface area contributed by atoms with Crippen LogP contribution in [0.5, 0.6) is 11.5 Å². The fraction of sp³-hybridized carbons (Fsp3) is 0.425. The van der Waals surface area contributed by atoms with Gasteiger partial charge >= 0.3 is 5.69 Å². The molecule has 0 saturated carbocycles. The molecule has 1 fully saturated rings. The van der Waals surface area contributed by atoms with E-state index in [0.717, 1.165) is 28.2 Å². The quantitative estimate of drug-likeness (QED) is 0.115. The number of amides is 1. The van der Waals surface area contributed by atoms with Crippen molar-refractivity contribution < 1.29 is 28.2 Å². The zero-order chi connectivity index (χ0) is 37.8. The molecule has 1 saturated heterocycles. The lowest BCUT2D eigenvalue weighted by Gasteiger charge is -2.40. The van der Waals surface area contributed by atoms with Crippen LogP contribution in [-0.2, 0) is 24.3 Å². The number of nitrogens with one attached hydrogen (secondary N) is 1. The molecule has 4 aromatic rings. The third kappa shape index (κ3) is 8.10. The van der Waals surface area contributed by atoms with E-state index < -0.39 is 38.0 Å². The van der Waals surface area contributed by atoms with Crippen molar-refractivity contribution in [2.24, 2.45) is 0 Å². The molecule has 278 valence electrons. The average molecular weight is 729 g/mol. The Hall–Kier alpha value is -4.49. The first-order chi connectivity index (χ1) is 24.6. The standard InChI is InChI=1S/C40H52N4O7Si/c1-27(45)41-37-33(43(5)6)25-44(38(46)42-37)36-24-34(51-52(9,10)39(2,3)4)35(50-36)26-49-40(28-14-12-11-13-15-28,29-16-20-31(47-7)21-17-29)30-18-22-32(48-8)23-19-30/h11-23,25,34-36H,24,26H2,1-10H3,(H,41,42,45,46)/t34-,35+,36+/m0/s1. The fourth-order valence-corrected chi connectivity index (χ4v) is 7.59. The number of aromatic nitrogens is 2. The van der Waals surface area contributed by atoms with Crippen molar-refractivity contribution in [1.29, 1.82) is 0 Å². The molecule has 0 aliphatic carbocycles. The van der Waals surface area contributed by atoms with Crippen LogP contribution >= 0.6 is 0 Å². The van der Waals surface area contributed by atoms with Crippen molar-refractivity contribution in [2.45, 2.75) is 76.3 Å². The highest BCUT2D eigenvalue weighted by Gasteiger charge is 2.47. The van der Waals surface area contributed by atoms with E-state index in [1.165, 1.54) is 11.5 Å². The van der Waals surface area contributed by atoms with Crippen LogP contribution in [0, 0.1) is 0 Å². The molecule has 0 spiro atoms. The summed E-state index contributed by atoms with van der Waals surface area (Å²) in [6, 6.07) is 25.9. The van der Waals surface area contributed by atoms with Gasteiger partial charge in [-0.05, 0) is 59.1 Å². The lowest BCUT2D eigenvalue weighted by Crippen LogP contribution is -2.47. The summed E-state index contributed by atoms with van der Waals surface area (Å²) in [5.41, 5.74) is 1.67. The van der Waals surface area contributed by atoms with Crippen LogP contribution in [0.4, 0.5) is 11.5 Å². The van der Waals surface area contributed by atoms with E-state index in [2.05, 4.69) is 56.3 Å². The van der Waals surface area contributed by atoms with Crippen molar-refractivity contribution in [3.63, 3.8) is 0 Å². The fourth-order valence-electron chi connectivity index (χ4n) is 6.23. The third-order valence-corrected chi connectivity index (χ3v) is 14.6. The van der Waals surface area contributed by atoms with E-state index in [1.807, 2.05) is 80.8 Å². The maximum atomic E-state index is 13.5. The smallest absolute Gasteiger partial charge is 0.351 e. The Morgan fingerprint density at radius 3 is 1.94 bits per heavy atom. The average Bonchev–Trinajstić information content (AvgIpc) is 3.49. The highest BCUT2D eigenvalue weighted by molar-refractivity contribution is 6.74. The lowest BCUT2D eigenvalue weighted by molar-refractivity contribution is -0.114. The Labute approximate surface area is 308 Å². The SMILES string of the molecule is COc1ccc(C(OC[C@H]2O[C@@H](n3cc(N(C)C)c(NC(C)=O)nc3=O)C[C@@H]2O[Si](C)(C)C(C)(C)C)(c2ccccc2)c2ccc(OC)cc2)cc1.